The molecule has 0 aromatic carbocycles. The van der Waals surface area contributed by atoms with E-state index < -0.39 is 11.0 Å². The van der Waals surface area contributed by atoms with Crippen molar-refractivity contribution in [2.24, 2.45) is 0 Å². The van der Waals surface area contributed by atoms with Crippen LogP contribution in [-0.2, 0) is 74.5 Å². The molecule has 3 nitrogen and oxygen atoms in total. The van der Waals surface area contributed by atoms with Crippen LogP contribution in [0.3, 0.4) is 0 Å². The fourth-order valence-corrected chi connectivity index (χ4v) is 0. The van der Waals surface area contributed by atoms with E-state index in [2.05, 4.69) is 0 Å². The minimum Gasteiger partial charge on any atom is -0.439 e. The molecular formula is CH4AgO3SY-2. The van der Waals surface area contributed by atoms with E-state index in [1.165, 1.54) is 0 Å². The molecular weight excluding hydrogens is 289 g/mol. The third-order valence-electron chi connectivity index (χ3n) is 0. The molecule has 0 spiro atoms. The molecule has 0 amide bonds. The Balaban J connectivity index is -0.0000000150. The molecule has 0 fully saturated rings. The van der Waals surface area contributed by atoms with Crippen molar-refractivity contribution in [3.8, 4) is 0 Å². The maximum Gasteiger partial charge on any atom is 0.0495 e. The van der Waals surface area contributed by atoms with E-state index in [1.54, 1.807) is 0 Å². The minimum absolute atomic E-state index is 0. The van der Waals surface area contributed by atoms with E-state index in [1.807, 2.05) is 0 Å². The zero-order chi connectivity index (χ0) is 3.58. The van der Waals surface area contributed by atoms with Crippen LogP contribution in [0.15, 0.2) is 0 Å². The molecule has 0 saturated carbocycles. The third kappa shape index (κ3) is 83.4. The smallest absolute Gasteiger partial charge is 0.0495 e. The van der Waals surface area contributed by atoms with Crippen LogP contribution in [-0.4, -0.2) is 4.55 Å². The Labute approximate surface area is 85.4 Å². The van der Waals surface area contributed by atoms with E-state index in [0.29, 0.717) is 0 Å². The zero-order valence-electron chi connectivity index (χ0n) is 3.55. The zero-order valence-corrected chi connectivity index (χ0v) is 8.69. The van der Waals surface area contributed by atoms with E-state index in [0.717, 1.165) is 0 Å². The predicted octanol–water partition coefficient (Wildman–Crippen LogP) is 0.214. The van der Waals surface area contributed by atoms with Gasteiger partial charge in [-0.2, -0.15) is 0 Å². The van der Waals surface area contributed by atoms with Crippen LogP contribution in [0.25, 0.3) is 0 Å². The van der Waals surface area contributed by atoms with Crippen LogP contribution in [0.4, 0.5) is 0 Å². The Bertz CT molecular complexity index is 63.3. The molecule has 0 aliphatic carbocycles. The van der Waals surface area contributed by atoms with Crippen LogP contribution in [0.2, 0.25) is 0 Å². The van der Waals surface area contributed by atoms with Gasteiger partial charge in [0, 0.05) is 66.1 Å². The molecule has 2 radical (unpaired) electrons. The minimum atomic E-state index is -2.86. The van der Waals surface area contributed by atoms with Crippen molar-refractivity contribution < 1.29 is 68.1 Å². The van der Waals surface area contributed by atoms with Gasteiger partial charge in [-0.05, 0) is 0 Å². The molecule has 0 aliphatic rings. The topological polar surface area (TPSA) is 54.4 Å². The van der Waals surface area contributed by atoms with Gasteiger partial charge in [-0.25, -0.2) is 0 Å². The molecule has 0 rings (SSSR count). The van der Waals surface area contributed by atoms with E-state index in [-0.39, 0.29) is 62.5 Å². The maximum absolute atomic E-state index is 8.56. The van der Waals surface area contributed by atoms with Gasteiger partial charge in [-0.15, -0.1) is 0 Å². The largest absolute Gasteiger partial charge is 0.439 e. The first-order valence-electron chi connectivity index (χ1n) is 0.516. The maximum atomic E-state index is 8.56. The van der Waals surface area contributed by atoms with Crippen molar-refractivity contribution >= 4 is 11.0 Å². The molecule has 0 bridgehead atoms. The van der Waals surface area contributed by atoms with Crippen molar-refractivity contribution in [2.75, 3.05) is 0 Å². The SMILES string of the molecule is O=[S-](=O)O.[Ag].[CH3-].[Y]. The summed E-state index contributed by atoms with van der Waals surface area (Å²) in [6.07, 6.45) is 0. The van der Waals surface area contributed by atoms with Crippen molar-refractivity contribution in [3.05, 3.63) is 7.43 Å². The Morgan fingerprint density at radius 1 is 1.29 bits per heavy atom. The summed E-state index contributed by atoms with van der Waals surface area (Å²) in [5.74, 6) is 0. The summed E-state index contributed by atoms with van der Waals surface area (Å²) >= 11 is 0. The molecule has 7 heavy (non-hydrogen) atoms. The van der Waals surface area contributed by atoms with Gasteiger partial charge in [0.2, 0.25) is 0 Å². The van der Waals surface area contributed by atoms with Crippen molar-refractivity contribution in [1.29, 1.82) is 0 Å². The van der Waals surface area contributed by atoms with Crippen LogP contribution in [0.1, 0.15) is 0 Å². The van der Waals surface area contributed by atoms with Gasteiger partial charge in [-0.1, -0.05) is 0 Å². The first kappa shape index (κ1) is 23.3. The van der Waals surface area contributed by atoms with E-state index >= 15 is 0 Å². The summed E-state index contributed by atoms with van der Waals surface area (Å²) in [6, 6.07) is 0. The molecule has 0 aromatic heterocycles. The number of hydrogen-bond acceptors (Lipinski definition) is 3. The average molecular weight is 293 g/mol. The predicted molar refractivity (Wildman–Crippen MR) is 17.8 cm³/mol. The second-order valence-corrected chi connectivity index (χ2v) is 0.651. The second-order valence-electron chi connectivity index (χ2n) is 0.217. The summed E-state index contributed by atoms with van der Waals surface area (Å²) in [4.78, 5) is 0. The second kappa shape index (κ2) is 15.7. The molecule has 0 aromatic rings. The van der Waals surface area contributed by atoms with Crippen molar-refractivity contribution in [1.82, 2.24) is 0 Å². The first-order valence-corrected chi connectivity index (χ1v) is 1.55. The van der Waals surface area contributed by atoms with E-state index in [4.69, 9.17) is 13.0 Å². The summed E-state index contributed by atoms with van der Waals surface area (Å²) in [5, 5.41) is 0. The Kier molecular flexibility index (Phi) is 52.1. The Morgan fingerprint density at radius 2 is 1.29 bits per heavy atom. The van der Waals surface area contributed by atoms with Gasteiger partial charge in [0.1, 0.15) is 0 Å². The summed E-state index contributed by atoms with van der Waals surface area (Å²) < 4.78 is 24.1. The molecule has 48 valence electrons. The third-order valence-corrected chi connectivity index (χ3v) is 0. The van der Waals surface area contributed by atoms with Crippen LogP contribution in [0, 0.1) is 7.43 Å². The molecule has 1 N–H and O–H groups in total. The summed E-state index contributed by atoms with van der Waals surface area (Å²) in [6.45, 7) is 0. The van der Waals surface area contributed by atoms with Gasteiger partial charge in [0.25, 0.3) is 0 Å². The van der Waals surface area contributed by atoms with E-state index in [9.17, 15) is 0 Å². The standard InChI is InChI=1S/CH3.Ag.HO3S.Y/c;;1-4(2)3;/h1H3;;(H,1,2,3);/q-1;;-1;. The van der Waals surface area contributed by atoms with Crippen molar-refractivity contribution in [2.45, 2.75) is 0 Å². The van der Waals surface area contributed by atoms with Gasteiger partial charge < -0.3 is 20.4 Å². The summed E-state index contributed by atoms with van der Waals surface area (Å²) in [5.41, 5.74) is 0. The van der Waals surface area contributed by atoms with Crippen LogP contribution >= 0.6 is 0 Å². The van der Waals surface area contributed by atoms with Crippen LogP contribution in [0.5, 0.6) is 0 Å². The molecule has 0 aliphatic heterocycles. The van der Waals surface area contributed by atoms with Gasteiger partial charge in [0.05, 0.1) is 0 Å². The molecule has 6 heteroatoms. The molecule has 0 atom stereocenters. The van der Waals surface area contributed by atoms with Gasteiger partial charge >= 0.3 is 0 Å². The fraction of sp³-hybridized carbons (Fsp3) is 0. The Hall–Kier alpha value is 1.75. The monoisotopic (exact) mass is 292 g/mol. The molecule has 0 saturated heterocycles. The molecule has 0 heterocycles. The van der Waals surface area contributed by atoms with Crippen LogP contribution < -0.4 is 0 Å². The average Bonchev–Trinajstić information content (AvgIpc) is 0.811. The Morgan fingerprint density at radius 3 is 1.29 bits per heavy atom. The van der Waals surface area contributed by atoms with Gasteiger partial charge in [-0.3, -0.25) is 0 Å². The quantitative estimate of drug-likeness (QED) is 0.228. The molecule has 0 unspecified atom stereocenters. The number of rotatable bonds is 0. The fourth-order valence-electron chi connectivity index (χ4n) is 0. The number of hydrogen-bond donors (Lipinski definition) is 1. The van der Waals surface area contributed by atoms with Gasteiger partial charge in [0.15, 0.2) is 0 Å². The normalized spacial score (nSPS) is 4.86. The first-order chi connectivity index (χ1) is 1.73. The van der Waals surface area contributed by atoms with Crippen molar-refractivity contribution in [3.63, 3.8) is 0 Å². The summed E-state index contributed by atoms with van der Waals surface area (Å²) in [7, 11) is -2.86.